The molecule has 23 heavy (non-hydrogen) atoms. The first-order valence-electron chi connectivity index (χ1n) is 8.44. The smallest absolute Gasteiger partial charge is 0.0691 e. The van der Waals surface area contributed by atoms with Crippen molar-refractivity contribution in [1.29, 1.82) is 0 Å². The van der Waals surface area contributed by atoms with Crippen molar-refractivity contribution in [1.82, 2.24) is 10.3 Å². The van der Waals surface area contributed by atoms with E-state index in [0.717, 1.165) is 43.5 Å². The molecule has 1 rings (SSSR count). The van der Waals surface area contributed by atoms with Crippen LogP contribution >= 0.6 is 11.8 Å². The van der Waals surface area contributed by atoms with Gasteiger partial charge in [-0.1, -0.05) is 25.8 Å². The van der Waals surface area contributed by atoms with Gasteiger partial charge in [-0.15, -0.1) is 11.8 Å². The predicted molar refractivity (Wildman–Crippen MR) is 100 cm³/mol. The first kappa shape index (κ1) is 20.2. The zero-order valence-corrected chi connectivity index (χ0v) is 15.4. The lowest BCUT2D eigenvalue weighted by Gasteiger charge is -2.16. The Kier molecular flexibility index (Phi) is 10.2. The number of aliphatic hydroxyl groups is 1. The molecule has 4 N–H and O–H groups in total. The van der Waals surface area contributed by atoms with Gasteiger partial charge < -0.3 is 16.2 Å². The number of nitrogens with zero attached hydrogens (tertiary/aromatic N) is 1. The van der Waals surface area contributed by atoms with Crippen molar-refractivity contribution in [3.63, 3.8) is 0 Å². The number of nitrogens with one attached hydrogen (secondary N) is 1. The summed E-state index contributed by atoms with van der Waals surface area (Å²) in [6.07, 6.45) is 5.52. The van der Waals surface area contributed by atoms with Crippen LogP contribution in [-0.4, -0.2) is 28.1 Å². The molecule has 3 atom stereocenters. The van der Waals surface area contributed by atoms with Crippen molar-refractivity contribution in [2.24, 2.45) is 5.73 Å². The van der Waals surface area contributed by atoms with Gasteiger partial charge in [0.1, 0.15) is 0 Å². The van der Waals surface area contributed by atoms with Crippen LogP contribution in [0.25, 0.3) is 0 Å². The van der Waals surface area contributed by atoms with Gasteiger partial charge in [0.2, 0.25) is 0 Å². The maximum Gasteiger partial charge on any atom is 0.0691 e. The monoisotopic (exact) mass is 337 g/mol. The van der Waals surface area contributed by atoms with E-state index in [0.29, 0.717) is 5.37 Å². The topological polar surface area (TPSA) is 71.2 Å². The molecule has 1 aromatic heterocycles. The van der Waals surface area contributed by atoms with Crippen LogP contribution in [0.5, 0.6) is 0 Å². The summed E-state index contributed by atoms with van der Waals surface area (Å²) in [5.74, 6) is 0. The zero-order chi connectivity index (χ0) is 17.1. The van der Waals surface area contributed by atoms with Crippen molar-refractivity contribution in [3.05, 3.63) is 41.1 Å². The van der Waals surface area contributed by atoms with Crippen LogP contribution in [0, 0.1) is 0 Å². The zero-order valence-electron chi connectivity index (χ0n) is 14.5. The average Bonchev–Trinajstić information content (AvgIpc) is 2.57. The summed E-state index contributed by atoms with van der Waals surface area (Å²) in [6, 6.07) is 5.64. The maximum atomic E-state index is 9.83. The number of thioether (sulfide) groups is 1. The minimum absolute atomic E-state index is 0.160. The van der Waals surface area contributed by atoms with Gasteiger partial charge in [-0.2, -0.15) is 0 Å². The van der Waals surface area contributed by atoms with Crippen molar-refractivity contribution >= 4 is 11.8 Å². The van der Waals surface area contributed by atoms with Crippen LogP contribution in [0.4, 0.5) is 0 Å². The Morgan fingerprint density at radius 3 is 2.87 bits per heavy atom. The van der Waals surface area contributed by atoms with E-state index < -0.39 is 0 Å². The van der Waals surface area contributed by atoms with E-state index in [1.54, 1.807) is 18.0 Å². The van der Waals surface area contributed by atoms with Crippen LogP contribution in [0.3, 0.4) is 0 Å². The Bertz CT molecular complexity index is 453. The van der Waals surface area contributed by atoms with Crippen LogP contribution in [-0.2, 0) is 0 Å². The molecule has 0 radical (unpaired) electrons. The molecule has 1 aromatic rings. The Balaban J connectivity index is 2.29. The fourth-order valence-electron chi connectivity index (χ4n) is 2.16. The van der Waals surface area contributed by atoms with Crippen LogP contribution in [0.1, 0.15) is 58.2 Å². The Hall–Kier alpha value is -0.880. The highest BCUT2D eigenvalue weighted by Crippen LogP contribution is 2.21. The number of unbranched alkanes of at least 4 members (excludes halogenated alkanes) is 1. The molecule has 130 valence electrons. The van der Waals surface area contributed by atoms with E-state index >= 15 is 0 Å². The lowest BCUT2D eigenvalue weighted by molar-refractivity contribution is 0.151. The van der Waals surface area contributed by atoms with Gasteiger partial charge in [-0.3, -0.25) is 4.98 Å². The lowest BCUT2D eigenvalue weighted by atomic mass is 10.1. The number of aliphatic hydroxyl groups excluding tert-OH is 1. The first-order chi connectivity index (χ1) is 11.0. The third-order valence-corrected chi connectivity index (χ3v) is 4.84. The molecule has 0 aliphatic carbocycles. The molecule has 0 saturated heterocycles. The second-order valence-electron chi connectivity index (χ2n) is 5.91. The normalized spacial score (nSPS) is 16.1. The van der Waals surface area contributed by atoms with Gasteiger partial charge in [0.15, 0.2) is 0 Å². The van der Waals surface area contributed by atoms with Gasteiger partial charge in [0, 0.05) is 6.20 Å². The van der Waals surface area contributed by atoms with Crippen molar-refractivity contribution < 1.29 is 5.11 Å². The molecule has 5 heteroatoms. The minimum atomic E-state index is -0.186. The molecule has 0 saturated carbocycles. The molecule has 0 spiro atoms. The van der Waals surface area contributed by atoms with E-state index in [1.165, 1.54) is 0 Å². The van der Waals surface area contributed by atoms with Gasteiger partial charge in [0.05, 0.1) is 23.2 Å². The van der Waals surface area contributed by atoms with Crippen LogP contribution in [0.2, 0.25) is 0 Å². The average molecular weight is 338 g/mol. The van der Waals surface area contributed by atoms with Gasteiger partial charge in [-0.25, -0.2) is 0 Å². The molecule has 3 unspecified atom stereocenters. The number of aromatic nitrogens is 1. The first-order valence-corrected chi connectivity index (χ1v) is 9.39. The molecule has 0 fully saturated rings. The standard InChI is InChI=1S/C18H31N3OS/c1-4-5-8-16(22)10-12-20-15(3)23-13-14(2)18(19)17-9-6-7-11-21-17/h6-7,9,11,13,15-16,18,20,22H,4-5,8,10,12,19H2,1-3H3. The summed E-state index contributed by atoms with van der Waals surface area (Å²) < 4.78 is 0. The number of rotatable bonds is 11. The largest absolute Gasteiger partial charge is 0.393 e. The number of hydrogen-bond acceptors (Lipinski definition) is 5. The molecule has 0 aliphatic rings. The summed E-state index contributed by atoms with van der Waals surface area (Å²) in [5.41, 5.74) is 8.21. The van der Waals surface area contributed by atoms with E-state index in [4.69, 9.17) is 5.73 Å². The van der Waals surface area contributed by atoms with Crippen molar-refractivity contribution in [3.8, 4) is 0 Å². The van der Waals surface area contributed by atoms with Crippen LogP contribution in [0.15, 0.2) is 35.4 Å². The molecular weight excluding hydrogens is 306 g/mol. The predicted octanol–water partition coefficient (Wildman–Crippen LogP) is 3.60. The summed E-state index contributed by atoms with van der Waals surface area (Å²) >= 11 is 1.71. The van der Waals surface area contributed by atoms with Crippen molar-refractivity contribution in [2.45, 2.75) is 64.0 Å². The quantitative estimate of drug-likeness (QED) is 0.538. The van der Waals surface area contributed by atoms with Crippen molar-refractivity contribution in [2.75, 3.05) is 6.54 Å². The third kappa shape index (κ3) is 8.51. The van der Waals surface area contributed by atoms with E-state index in [-0.39, 0.29) is 12.1 Å². The highest BCUT2D eigenvalue weighted by atomic mass is 32.2. The lowest BCUT2D eigenvalue weighted by Crippen LogP contribution is -2.26. The second-order valence-corrected chi connectivity index (χ2v) is 7.13. The number of pyridine rings is 1. The molecule has 4 nitrogen and oxygen atoms in total. The molecule has 1 heterocycles. The Morgan fingerprint density at radius 1 is 1.43 bits per heavy atom. The number of hydrogen-bond donors (Lipinski definition) is 3. The Morgan fingerprint density at radius 2 is 2.22 bits per heavy atom. The summed E-state index contributed by atoms with van der Waals surface area (Å²) in [6.45, 7) is 7.14. The molecule has 0 aromatic carbocycles. The maximum absolute atomic E-state index is 9.83. The molecule has 0 aliphatic heterocycles. The minimum Gasteiger partial charge on any atom is -0.393 e. The summed E-state index contributed by atoms with van der Waals surface area (Å²) in [4.78, 5) is 4.30. The van der Waals surface area contributed by atoms with Gasteiger partial charge in [-0.05, 0) is 56.3 Å². The Labute approximate surface area is 145 Å². The summed E-state index contributed by atoms with van der Waals surface area (Å²) in [7, 11) is 0. The van der Waals surface area contributed by atoms with E-state index in [2.05, 4.69) is 29.6 Å². The van der Waals surface area contributed by atoms with Crippen LogP contribution < -0.4 is 11.1 Å². The SMILES string of the molecule is CCCCC(O)CCNC(C)SC=C(C)C(N)c1ccccn1. The molecule has 0 bridgehead atoms. The van der Waals surface area contributed by atoms with Gasteiger partial charge >= 0.3 is 0 Å². The van der Waals surface area contributed by atoms with E-state index in [9.17, 15) is 5.11 Å². The van der Waals surface area contributed by atoms with Gasteiger partial charge in [0.25, 0.3) is 0 Å². The number of nitrogens with two attached hydrogens (primary N) is 1. The summed E-state index contributed by atoms with van der Waals surface area (Å²) in [5, 5.41) is 15.6. The molecular formula is C18H31N3OS. The molecule has 0 amide bonds. The third-order valence-electron chi connectivity index (χ3n) is 3.76. The van der Waals surface area contributed by atoms with E-state index in [1.807, 2.05) is 25.1 Å². The second kappa shape index (κ2) is 11.6. The fraction of sp³-hybridized carbons (Fsp3) is 0.611. The fourth-order valence-corrected chi connectivity index (χ4v) is 2.94. The highest BCUT2D eigenvalue weighted by Gasteiger charge is 2.10. The highest BCUT2D eigenvalue weighted by molar-refractivity contribution is 8.02.